The third kappa shape index (κ3) is 4.80. The van der Waals surface area contributed by atoms with Gasteiger partial charge in [-0.3, -0.25) is 9.78 Å². The van der Waals surface area contributed by atoms with Crippen LogP contribution in [-0.2, 0) is 4.74 Å². The molecule has 1 amide bonds. The second kappa shape index (κ2) is 9.34. The highest BCUT2D eigenvalue weighted by Gasteiger charge is 2.26. The predicted molar refractivity (Wildman–Crippen MR) is 114 cm³/mol. The number of carbonyl (C=O) groups excluding carboxylic acids is 2. The Labute approximate surface area is 182 Å². The van der Waals surface area contributed by atoms with Crippen LogP contribution in [0.1, 0.15) is 52.8 Å². The first-order valence-electron chi connectivity index (χ1n) is 10.0. The smallest absolute Gasteiger partial charge is 0.342 e. The third-order valence-electron chi connectivity index (χ3n) is 5.22. The fraction of sp³-hybridized carbons (Fsp3) is 0.261. The summed E-state index contributed by atoms with van der Waals surface area (Å²) in [7, 11) is 0. The molecule has 0 unspecified atom stereocenters. The molecule has 0 aliphatic heterocycles. The number of benzene rings is 1. The van der Waals surface area contributed by atoms with Gasteiger partial charge in [-0.15, -0.1) is 11.3 Å². The second-order valence-electron chi connectivity index (χ2n) is 7.34. The number of halogens is 2. The molecule has 31 heavy (non-hydrogen) atoms. The lowest BCUT2D eigenvalue weighted by atomic mass is 9.97. The maximum absolute atomic E-state index is 13.5. The number of ether oxygens (including phenoxy) is 1. The van der Waals surface area contributed by atoms with Gasteiger partial charge < -0.3 is 10.1 Å². The molecular formula is C23H20F2N2O3S. The van der Waals surface area contributed by atoms with Crippen LogP contribution in [0, 0.1) is 11.6 Å². The highest BCUT2D eigenvalue weighted by atomic mass is 32.1. The summed E-state index contributed by atoms with van der Waals surface area (Å²) < 4.78 is 32.5. The fourth-order valence-corrected chi connectivity index (χ4v) is 4.55. The van der Waals surface area contributed by atoms with Gasteiger partial charge in [-0.25, -0.2) is 13.6 Å². The number of nitrogens with one attached hydrogen (secondary N) is 1. The van der Waals surface area contributed by atoms with Crippen LogP contribution in [-0.4, -0.2) is 23.0 Å². The molecule has 160 valence electrons. The van der Waals surface area contributed by atoms with E-state index in [4.69, 9.17) is 4.74 Å². The Balaban J connectivity index is 1.65. The Hall–Kier alpha value is -3.13. The molecule has 5 nitrogen and oxygen atoms in total. The van der Waals surface area contributed by atoms with E-state index in [1.54, 1.807) is 29.9 Å². The number of rotatable bonds is 5. The molecule has 1 aliphatic carbocycles. The number of amides is 1. The zero-order valence-electron chi connectivity index (χ0n) is 16.6. The van der Waals surface area contributed by atoms with E-state index >= 15 is 0 Å². The van der Waals surface area contributed by atoms with Gasteiger partial charge in [0.25, 0.3) is 5.91 Å². The van der Waals surface area contributed by atoms with Crippen molar-refractivity contribution in [2.75, 3.05) is 5.32 Å². The van der Waals surface area contributed by atoms with Crippen LogP contribution in [0.25, 0.3) is 11.1 Å². The third-order valence-corrected chi connectivity index (χ3v) is 6.12. The molecule has 1 saturated carbocycles. The van der Waals surface area contributed by atoms with E-state index in [2.05, 4.69) is 10.3 Å². The van der Waals surface area contributed by atoms with Gasteiger partial charge in [-0.05, 0) is 61.6 Å². The summed E-state index contributed by atoms with van der Waals surface area (Å²) >= 11 is 1.17. The summed E-state index contributed by atoms with van der Waals surface area (Å²) in [5.41, 5.74) is 1.58. The molecule has 0 spiro atoms. The van der Waals surface area contributed by atoms with E-state index in [9.17, 15) is 18.4 Å². The first-order chi connectivity index (χ1) is 15.0. The SMILES string of the molecule is O=C(Nc1scc(-c2ccncc2)c1C(=O)OC1CCCCC1)c1ccc(F)c(F)c1. The van der Waals surface area contributed by atoms with Crippen molar-refractivity contribution in [1.29, 1.82) is 0 Å². The van der Waals surface area contributed by atoms with Crippen LogP contribution in [0.3, 0.4) is 0 Å². The zero-order chi connectivity index (χ0) is 21.8. The average molecular weight is 442 g/mol. The van der Waals surface area contributed by atoms with Gasteiger partial charge in [0.15, 0.2) is 11.6 Å². The molecule has 0 bridgehead atoms. The first-order valence-corrected chi connectivity index (χ1v) is 10.9. The number of thiophene rings is 1. The van der Waals surface area contributed by atoms with E-state index in [-0.39, 0.29) is 17.2 Å². The standard InChI is InChI=1S/C23H20F2N2O3S/c24-18-7-6-15(12-19(18)25)21(28)27-22-20(23(29)30-16-4-2-1-3-5-16)17(13-31-22)14-8-10-26-11-9-14/h6-13,16H,1-5H2,(H,27,28). The average Bonchev–Trinajstić information content (AvgIpc) is 3.20. The molecule has 1 aromatic carbocycles. The Morgan fingerprint density at radius 3 is 2.48 bits per heavy atom. The van der Waals surface area contributed by atoms with Crippen LogP contribution in [0.4, 0.5) is 13.8 Å². The van der Waals surface area contributed by atoms with Gasteiger partial charge in [-0.2, -0.15) is 0 Å². The fourth-order valence-electron chi connectivity index (χ4n) is 3.60. The maximum Gasteiger partial charge on any atom is 0.342 e. The summed E-state index contributed by atoms with van der Waals surface area (Å²) in [6.07, 6.45) is 7.86. The second-order valence-corrected chi connectivity index (χ2v) is 8.22. The maximum atomic E-state index is 13.5. The molecule has 1 N–H and O–H groups in total. The number of aromatic nitrogens is 1. The minimum atomic E-state index is -1.12. The van der Waals surface area contributed by atoms with E-state index in [0.717, 1.165) is 49.8 Å². The lowest BCUT2D eigenvalue weighted by Crippen LogP contribution is -2.22. The van der Waals surface area contributed by atoms with Crippen LogP contribution < -0.4 is 5.32 Å². The molecule has 2 aromatic heterocycles. The number of pyridine rings is 1. The number of nitrogens with zero attached hydrogens (tertiary/aromatic N) is 1. The predicted octanol–water partition coefficient (Wildman–Crippen LogP) is 5.83. The first kappa shape index (κ1) is 21.1. The molecule has 0 atom stereocenters. The summed E-state index contributed by atoms with van der Waals surface area (Å²) in [4.78, 5) is 29.7. The number of carbonyl (C=O) groups is 2. The molecule has 0 saturated heterocycles. The molecule has 2 heterocycles. The normalized spacial score (nSPS) is 14.3. The summed E-state index contributed by atoms with van der Waals surface area (Å²) in [6, 6.07) is 6.42. The van der Waals surface area contributed by atoms with Crippen molar-refractivity contribution in [1.82, 2.24) is 4.98 Å². The molecule has 8 heteroatoms. The Bertz CT molecular complexity index is 1100. The van der Waals surface area contributed by atoms with E-state index in [0.29, 0.717) is 10.6 Å². The molecular weight excluding hydrogens is 422 g/mol. The van der Waals surface area contributed by atoms with Gasteiger partial charge in [0, 0.05) is 28.9 Å². The van der Waals surface area contributed by atoms with Crippen LogP contribution >= 0.6 is 11.3 Å². The summed E-state index contributed by atoms with van der Waals surface area (Å²) in [5, 5.41) is 4.71. The van der Waals surface area contributed by atoms with Gasteiger partial charge in [0.05, 0.1) is 0 Å². The van der Waals surface area contributed by atoms with E-state index in [1.807, 2.05) is 0 Å². The minimum absolute atomic E-state index is 0.0515. The van der Waals surface area contributed by atoms with Crippen LogP contribution in [0.15, 0.2) is 48.1 Å². The van der Waals surface area contributed by atoms with Crippen molar-refractivity contribution >= 4 is 28.2 Å². The molecule has 4 rings (SSSR count). The largest absolute Gasteiger partial charge is 0.459 e. The van der Waals surface area contributed by atoms with Crippen molar-refractivity contribution in [3.05, 3.63) is 70.9 Å². The van der Waals surface area contributed by atoms with Gasteiger partial charge in [0.1, 0.15) is 16.7 Å². The van der Waals surface area contributed by atoms with E-state index in [1.165, 1.54) is 17.4 Å². The monoisotopic (exact) mass is 442 g/mol. The van der Waals surface area contributed by atoms with Crippen molar-refractivity contribution in [3.63, 3.8) is 0 Å². The van der Waals surface area contributed by atoms with E-state index < -0.39 is 23.5 Å². The van der Waals surface area contributed by atoms with Crippen molar-refractivity contribution in [2.45, 2.75) is 38.2 Å². The van der Waals surface area contributed by atoms with Gasteiger partial charge in [0.2, 0.25) is 0 Å². The van der Waals surface area contributed by atoms with Crippen molar-refractivity contribution in [3.8, 4) is 11.1 Å². The number of anilines is 1. The molecule has 3 aromatic rings. The highest BCUT2D eigenvalue weighted by molar-refractivity contribution is 7.15. The molecule has 1 aliphatic rings. The number of esters is 1. The topological polar surface area (TPSA) is 68.3 Å². The minimum Gasteiger partial charge on any atom is -0.459 e. The van der Waals surface area contributed by atoms with Gasteiger partial charge >= 0.3 is 5.97 Å². The Morgan fingerprint density at radius 2 is 1.77 bits per heavy atom. The quantitative estimate of drug-likeness (QED) is 0.505. The molecule has 1 fully saturated rings. The Kier molecular flexibility index (Phi) is 6.36. The number of hydrogen-bond acceptors (Lipinski definition) is 5. The highest BCUT2D eigenvalue weighted by Crippen LogP contribution is 2.37. The zero-order valence-corrected chi connectivity index (χ0v) is 17.4. The summed E-state index contributed by atoms with van der Waals surface area (Å²) in [6.45, 7) is 0. The van der Waals surface area contributed by atoms with Crippen molar-refractivity contribution in [2.24, 2.45) is 0 Å². The van der Waals surface area contributed by atoms with Gasteiger partial charge in [-0.1, -0.05) is 6.42 Å². The lowest BCUT2D eigenvalue weighted by molar-refractivity contribution is 0.0214. The Morgan fingerprint density at radius 1 is 1.03 bits per heavy atom. The van der Waals surface area contributed by atoms with Crippen LogP contribution in [0.2, 0.25) is 0 Å². The number of hydrogen-bond donors (Lipinski definition) is 1. The lowest BCUT2D eigenvalue weighted by Gasteiger charge is -2.22. The van der Waals surface area contributed by atoms with Crippen molar-refractivity contribution < 1.29 is 23.1 Å². The molecule has 0 radical (unpaired) electrons. The summed E-state index contributed by atoms with van der Waals surface area (Å²) in [5.74, 6) is -3.31. The van der Waals surface area contributed by atoms with Crippen LogP contribution in [0.5, 0.6) is 0 Å².